The van der Waals surface area contributed by atoms with Gasteiger partial charge in [0.1, 0.15) is 6.04 Å². The summed E-state index contributed by atoms with van der Waals surface area (Å²) in [6, 6.07) is 0.943. The molecule has 1 aromatic rings. The van der Waals surface area contributed by atoms with Crippen LogP contribution >= 0.6 is 11.8 Å². The van der Waals surface area contributed by atoms with Crippen molar-refractivity contribution in [3.8, 4) is 11.5 Å². The van der Waals surface area contributed by atoms with Gasteiger partial charge in [0.2, 0.25) is 0 Å². The molecule has 1 aromatic carbocycles. The molecule has 0 aliphatic carbocycles. The number of nitro groups is 1. The number of carbonyl (C=O) groups excluding carboxylic acids is 3. The number of phenols is 1. The van der Waals surface area contributed by atoms with Crippen LogP contribution in [0, 0.1) is 10.1 Å². The molecule has 1 saturated heterocycles. The Labute approximate surface area is 157 Å². The van der Waals surface area contributed by atoms with Gasteiger partial charge >= 0.3 is 5.97 Å². The number of ether oxygens (including phenoxy) is 2. The molecule has 0 saturated carbocycles. The van der Waals surface area contributed by atoms with Crippen LogP contribution in [0.1, 0.15) is 19.4 Å². The van der Waals surface area contributed by atoms with E-state index < -0.39 is 33.8 Å². The van der Waals surface area contributed by atoms with E-state index in [0.717, 1.165) is 23.1 Å². The number of nitrogens with zero attached hydrogens (tertiary/aromatic N) is 2. The van der Waals surface area contributed by atoms with Crippen molar-refractivity contribution in [2.45, 2.75) is 19.9 Å². The molecule has 1 fully saturated rings. The van der Waals surface area contributed by atoms with E-state index in [1.165, 1.54) is 14.0 Å². The van der Waals surface area contributed by atoms with Crippen molar-refractivity contribution in [3.05, 3.63) is 32.7 Å². The monoisotopic (exact) mass is 396 g/mol. The number of hydrogen-bond acceptors (Lipinski definition) is 9. The first-order valence-electron chi connectivity index (χ1n) is 7.70. The smallest absolute Gasteiger partial charge is 0.329 e. The lowest BCUT2D eigenvalue weighted by Crippen LogP contribution is -2.42. The van der Waals surface area contributed by atoms with Crippen LogP contribution in [0.3, 0.4) is 0 Å². The molecule has 11 heteroatoms. The summed E-state index contributed by atoms with van der Waals surface area (Å²) in [6.45, 7) is 3.04. The highest BCUT2D eigenvalue weighted by atomic mass is 32.2. The van der Waals surface area contributed by atoms with Gasteiger partial charge in [-0.3, -0.25) is 24.6 Å². The number of imide groups is 1. The second-order valence-electron chi connectivity index (χ2n) is 5.32. The van der Waals surface area contributed by atoms with Gasteiger partial charge in [0.25, 0.3) is 16.8 Å². The first-order valence-corrected chi connectivity index (χ1v) is 8.52. The lowest BCUT2D eigenvalue weighted by atomic mass is 10.1. The Bertz CT molecular complexity index is 851. The molecule has 1 aliphatic rings. The van der Waals surface area contributed by atoms with Crippen LogP contribution in [0.25, 0.3) is 6.08 Å². The van der Waals surface area contributed by atoms with E-state index in [-0.39, 0.29) is 28.5 Å². The van der Waals surface area contributed by atoms with Gasteiger partial charge in [0.15, 0.2) is 11.5 Å². The SMILES string of the molecule is CCOC(=O)[C@@H](C)N1C(=O)S/C(=C/c2cc([N+](=O)[O-])cc(OC)c2O)C1=O. The lowest BCUT2D eigenvalue weighted by Gasteiger charge is -2.19. The Morgan fingerprint density at radius 2 is 2.11 bits per heavy atom. The molecule has 0 aromatic heterocycles. The van der Waals surface area contributed by atoms with Crippen LogP contribution in [-0.2, 0) is 14.3 Å². The second-order valence-corrected chi connectivity index (χ2v) is 6.32. The molecule has 1 atom stereocenters. The maximum atomic E-state index is 12.5. The van der Waals surface area contributed by atoms with Crippen molar-refractivity contribution >= 4 is 40.6 Å². The minimum Gasteiger partial charge on any atom is -0.504 e. The molecule has 10 nitrogen and oxygen atoms in total. The van der Waals surface area contributed by atoms with E-state index in [2.05, 4.69) is 0 Å². The molecule has 1 aliphatic heterocycles. The van der Waals surface area contributed by atoms with Gasteiger partial charge in [0, 0.05) is 11.6 Å². The summed E-state index contributed by atoms with van der Waals surface area (Å²) >= 11 is 0.546. The summed E-state index contributed by atoms with van der Waals surface area (Å²) in [7, 11) is 1.22. The molecule has 2 rings (SSSR count). The van der Waals surface area contributed by atoms with Gasteiger partial charge in [-0.1, -0.05) is 0 Å². The minimum absolute atomic E-state index is 0.0738. The van der Waals surface area contributed by atoms with E-state index in [4.69, 9.17) is 9.47 Å². The zero-order valence-corrected chi connectivity index (χ0v) is 15.4. The maximum absolute atomic E-state index is 12.5. The Morgan fingerprint density at radius 3 is 2.67 bits per heavy atom. The van der Waals surface area contributed by atoms with Crippen molar-refractivity contribution in [3.63, 3.8) is 0 Å². The molecule has 27 heavy (non-hydrogen) atoms. The predicted octanol–water partition coefficient (Wildman–Crippen LogP) is 2.30. The number of benzene rings is 1. The number of methoxy groups -OCH3 is 1. The van der Waals surface area contributed by atoms with Crippen LogP contribution in [0.2, 0.25) is 0 Å². The molecule has 0 radical (unpaired) electrons. The lowest BCUT2D eigenvalue weighted by molar-refractivity contribution is -0.385. The highest BCUT2D eigenvalue weighted by molar-refractivity contribution is 8.18. The number of carbonyl (C=O) groups is 3. The van der Waals surface area contributed by atoms with Crippen LogP contribution < -0.4 is 4.74 Å². The van der Waals surface area contributed by atoms with Crippen LogP contribution in [0.15, 0.2) is 17.0 Å². The third-order valence-corrected chi connectivity index (χ3v) is 4.53. The third-order valence-electron chi connectivity index (χ3n) is 3.65. The fourth-order valence-electron chi connectivity index (χ4n) is 2.31. The second kappa shape index (κ2) is 8.08. The van der Waals surface area contributed by atoms with E-state index in [1.807, 2.05) is 0 Å². The summed E-state index contributed by atoms with van der Waals surface area (Å²) in [6.07, 6.45) is 1.13. The van der Waals surface area contributed by atoms with Gasteiger partial charge < -0.3 is 14.6 Å². The van der Waals surface area contributed by atoms with Gasteiger partial charge in [-0.2, -0.15) is 0 Å². The summed E-state index contributed by atoms with van der Waals surface area (Å²) in [5, 5.41) is 20.5. The molecule has 1 N–H and O–H groups in total. The van der Waals surface area contributed by atoms with E-state index in [9.17, 15) is 29.6 Å². The Morgan fingerprint density at radius 1 is 1.44 bits per heavy atom. The number of amides is 2. The number of non-ortho nitro benzene ring substituents is 1. The Balaban J connectivity index is 2.42. The topological polar surface area (TPSA) is 136 Å². The number of nitro benzene ring substituents is 1. The number of thioether (sulfide) groups is 1. The van der Waals surface area contributed by atoms with Crippen molar-refractivity contribution in [2.75, 3.05) is 13.7 Å². The number of phenolic OH excluding ortho intramolecular Hbond substituents is 1. The average molecular weight is 396 g/mol. The Hall–Kier alpha value is -3.08. The highest BCUT2D eigenvalue weighted by Crippen LogP contribution is 2.39. The number of hydrogen-bond donors (Lipinski definition) is 1. The molecular formula is C16H16N2O8S. The number of esters is 1. The van der Waals surface area contributed by atoms with Crippen molar-refractivity contribution in [1.29, 1.82) is 0 Å². The van der Waals surface area contributed by atoms with Gasteiger partial charge in [0.05, 0.1) is 29.6 Å². The van der Waals surface area contributed by atoms with Crippen molar-refractivity contribution < 1.29 is 33.9 Å². The largest absolute Gasteiger partial charge is 0.504 e. The summed E-state index contributed by atoms with van der Waals surface area (Å²) in [5.74, 6) is -2.08. The molecule has 0 bridgehead atoms. The standard InChI is InChI=1S/C16H16N2O8S/c1-4-26-15(21)8(2)17-14(20)12(27-16(17)22)6-9-5-10(18(23)24)7-11(25-3)13(9)19/h5-8,19H,4H2,1-3H3/b12-6+/t8-/m1/s1. The zero-order valence-electron chi connectivity index (χ0n) is 14.6. The van der Waals surface area contributed by atoms with Gasteiger partial charge in [-0.05, 0) is 31.7 Å². The summed E-state index contributed by atoms with van der Waals surface area (Å²) in [4.78, 5) is 47.4. The van der Waals surface area contributed by atoms with Gasteiger partial charge in [-0.15, -0.1) is 0 Å². The summed E-state index contributed by atoms with van der Waals surface area (Å²) < 4.78 is 9.71. The minimum atomic E-state index is -1.13. The molecule has 0 unspecified atom stereocenters. The molecule has 0 spiro atoms. The van der Waals surface area contributed by atoms with Crippen molar-refractivity contribution in [1.82, 2.24) is 4.90 Å². The van der Waals surface area contributed by atoms with Crippen LogP contribution in [0.5, 0.6) is 11.5 Å². The molecule has 1 heterocycles. The third kappa shape index (κ3) is 4.03. The van der Waals surface area contributed by atoms with E-state index >= 15 is 0 Å². The zero-order chi connectivity index (χ0) is 20.3. The normalized spacial score (nSPS) is 16.6. The molecule has 144 valence electrons. The fourth-order valence-corrected chi connectivity index (χ4v) is 3.21. The van der Waals surface area contributed by atoms with Gasteiger partial charge in [-0.25, -0.2) is 4.79 Å². The molecule has 2 amide bonds. The first kappa shape index (κ1) is 20.2. The van der Waals surface area contributed by atoms with Crippen LogP contribution in [0.4, 0.5) is 10.5 Å². The van der Waals surface area contributed by atoms with Crippen molar-refractivity contribution in [2.24, 2.45) is 0 Å². The maximum Gasteiger partial charge on any atom is 0.329 e. The van der Waals surface area contributed by atoms with E-state index in [1.54, 1.807) is 6.92 Å². The number of rotatable bonds is 6. The highest BCUT2D eigenvalue weighted by Gasteiger charge is 2.41. The predicted molar refractivity (Wildman–Crippen MR) is 95.2 cm³/mol. The summed E-state index contributed by atoms with van der Waals surface area (Å²) in [5.41, 5.74) is -0.439. The van der Waals surface area contributed by atoms with E-state index in [0.29, 0.717) is 11.8 Å². The average Bonchev–Trinajstić information content (AvgIpc) is 2.89. The molecular weight excluding hydrogens is 380 g/mol. The number of aromatic hydroxyl groups is 1. The quantitative estimate of drug-likeness (QED) is 0.332. The van der Waals surface area contributed by atoms with Crippen LogP contribution in [-0.4, -0.2) is 51.8 Å². The fraction of sp³-hybridized carbons (Fsp3) is 0.312. The first-order chi connectivity index (χ1) is 12.7. The Kier molecular flexibility index (Phi) is 6.05.